The second kappa shape index (κ2) is 6.38. The molecule has 1 aliphatic heterocycles. The lowest BCUT2D eigenvalue weighted by Crippen LogP contribution is -2.35. The van der Waals surface area contributed by atoms with E-state index in [2.05, 4.69) is 10.6 Å². The van der Waals surface area contributed by atoms with Crippen LogP contribution in [0.1, 0.15) is 39.2 Å². The normalized spacial score (nSPS) is 19.1. The van der Waals surface area contributed by atoms with E-state index in [9.17, 15) is 13.2 Å². The highest BCUT2D eigenvalue weighted by Gasteiger charge is 2.29. The standard InChI is InChI=1S/C16H24N2O3S/c1-16(2,3)22(20,21)11-12-6-4-7-13(10-12)18-15(19)14-8-5-9-17-14/h4,6-7,10,14,17H,5,8-9,11H2,1-3H3,(H,18,19). The van der Waals surface area contributed by atoms with Crippen molar-refractivity contribution in [3.63, 3.8) is 0 Å². The summed E-state index contributed by atoms with van der Waals surface area (Å²) in [5.74, 6) is -0.0876. The van der Waals surface area contributed by atoms with E-state index in [-0.39, 0.29) is 17.7 Å². The average Bonchev–Trinajstić information content (AvgIpc) is 2.91. The lowest BCUT2D eigenvalue weighted by molar-refractivity contribution is -0.117. The van der Waals surface area contributed by atoms with Gasteiger partial charge < -0.3 is 10.6 Å². The number of sulfone groups is 1. The molecule has 1 aromatic rings. The molecule has 1 heterocycles. The molecule has 1 unspecified atom stereocenters. The van der Waals surface area contributed by atoms with Gasteiger partial charge >= 0.3 is 0 Å². The van der Waals surface area contributed by atoms with Gasteiger partial charge in [0.1, 0.15) is 0 Å². The molecule has 1 fully saturated rings. The Bertz CT molecular complexity index is 642. The van der Waals surface area contributed by atoms with Crippen molar-refractivity contribution in [3.05, 3.63) is 29.8 Å². The molecule has 0 spiro atoms. The number of anilines is 1. The molecule has 1 saturated heterocycles. The molecule has 1 atom stereocenters. The van der Waals surface area contributed by atoms with Gasteiger partial charge in [0, 0.05) is 5.69 Å². The van der Waals surface area contributed by atoms with Gasteiger partial charge in [-0.3, -0.25) is 4.79 Å². The van der Waals surface area contributed by atoms with Crippen molar-refractivity contribution in [1.29, 1.82) is 0 Å². The summed E-state index contributed by atoms with van der Waals surface area (Å²) in [6.07, 6.45) is 1.84. The first kappa shape index (κ1) is 17.0. The van der Waals surface area contributed by atoms with Crippen LogP contribution < -0.4 is 10.6 Å². The lowest BCUT2D eigenvalue weighted by Gasteiger charge is -2.19. The van der Waals surface area contributed by atoms with E-state index in [1.807, 2.05) is 0 Å². The summed E-state index contributed by atoms with van der Waals surface area (Å²) in [7, 11) is -3.24. The molecule has 5 nitrogen and oxygen atoms in total. The van der Waals surface area contributed by atoms with E-state index in [4.69, 9.17) is 0 Å². The van der Waals surface area contributed by atoms with Gasteiger partial charge in [0.2, 0.25) is 5.91 Å². The Balaban J connectivity index is 2.08. The van der Waals surface area contributed by atoms with Crippen molar-refractivity contribution in [3.8, 4) is 0 Å². The first-order valence-corrected chi connectivity index (χ1v) is 9.20. The van der Waals surface area contributed by atoms with Crippen molar-refractivity contribution < 1.29 is 13.2 Å². The number of carbonyl (C=O) groups is 1. The summed E-state index contributed by atoms with van der Waals surface area (Å²) in [4.78, 5) is 12.1. The number of rotatable bonds is 4. The highest BCUT2D eigenvalue weighted by Crippen LogP contribution is 2.22. The van der Waals surface area contributed by atoms with Gasteiger partial charge in [0.25, 0.3) is 0 Å². The quantitative estimate of drug-likeness (QED) is 0.889. The minimum Gasteiger partial charge on any atom is -0.325 e. The molecular weight excluding hydrogens is 300 g/mol. The Labute approximate surface area is 132 Å². The van der Waals surface area contributed by atoms with Crippen LogP contribution >= 0.6 is 0 Å². The molecule has 6 heteroatoms. The fourth-order valence-electron chi connectivity index (χ4n) is 2.31. The van der Waals surface area contributed by atoms with Crippen molar-refractivity contribution >= 4 is 21.4 Å². The molecule has 0 aliphatic carbocycles. The topological polar surface area (TPSA) is 75.3 Å². The SMILES string of the molecule is CC(C)(C)S(=O)(=O)Cc1cccc(NC(=O)C2CCCN2)c1. The molecule has 1 aromatic carbocycles. The van der Waals surface area contributed by atoms with Gasteiger partial charge in [-0.1, -0.05) is 12.1 Å². The van der Waals surface area contributed by atoms with E-state index in [1.165, 1.54) is 0 Å². The number of amides is 1. The van der Waals surface area contributed by atoms with E-state index in [1.54, 1.807) is 45.0 Å². The Kier molecular flexibility index (Phi) is 4.92. The second-order valence-corrected chi connectivity index (χ2v) is 9.45. The Morgan fingerprint density at radius 2 is 2.09 bits per heavy atom. The smallest absolute Gasteiger partial charge is 0.241 e. The zero-order valence-electron chi connectivity index (χ0n) is 13.3. The monoisotopic (exact) mass is 324 g/mol. The molecule has 122 valence electrons. The summed E-state index contributed by atoms with van der Waals surface area (Å²) in [5.41, 5.74) is 1.33. The number of hydrogen-bond donors (Lipinski definition) is 2. The van der Waals surface area contributed by atoms with Crippen LogP contribution in [-0.4, -0.2) is 31.7 Å². The van der Waals surface area contributed by atoms with Crippen LogP contribution in [0.2, 0.25) is 0 Å². The van der Waals surface area contributed by atoms with Crippen LogP contribution in [0.5, 0.6) is 0 Å². The van der Waals surface area contributed by atoms with Crippen LogP contribution in [0, 0.1) is 0 Å². The van der Waals surface area contributed by atoms with Crippen LogP contribution in [0.25, 0.3) is 0 Å². The summed E-state index contributed by atoms with van der Waals surface area (Å²) in [5, 5.41) is 5.99. The molecule has 0 bridgehead atoms. The van der Waals surface area contributed by atoms with Crippen molar-refractivity contribution in [2.45, 2.75) is 50.2 Å². The van der Waals surface area contributed by atoms with E-state index >= 15 is 0 Å². The molecular formula is C16H24N2O3S. The highest BCUT2D eigenvalue weighted by atomic mass is 32.2. The molecule has 2 N–H and O–H groups in total. The fraction of sp³-hybridized carbons (Fsp3) is 0.562. The number of hydrogen-bond acceptors (Lipinski definition) is 4. The molecule has 0 saturated carbocycles. The third kappa shape index (κ3) is 4.08. The summed E-state index contributed by atoms with van der Waals surface area (Å²) < 4.78 is 23.7. The fourth-order valence-corrected chi connectivity index (χ4v) is 3.36. The Morgan fingerprint density at radius 1 is 1.36 bits per heavy atom. The van der Waals surface area contributed by atoms with E-state index in [0.717, 1.165) is 19.4 Å². The van der Waals surface area contributed by atoms with Crippen molar-refractivity contribution in [2.75, 3.05) is 11.9 Å². The van der Waals surface area contributed by atoms with E-state index < -0.39 is 14.6 Å². The van der Waals surface area contributed by atoms with Gasteiger partial charge in [-0.05, 0) is 57.9 Å². The molecule has 1 aliphatic rings. The number of nitrogens with one attached hydrogen (secondary N) is 2. The van der Waals surface area contributed by atoms with Crippen LogP contribution in [0.15, 0.2) is 24.3 Å². The molecule has 1 amide bonds. The summed E-state index contributed by atoms with van der Waals surface area (Å²) in [6.45, 7) is 5.95. The minimum atomic E-state index is -3.24. The Hall–Kier alpha value is -1.40. The molecule has 2 rings (SSSR count). The van der Waals surface area contributed by atoms with E-state index in [0.29, 0.717) is 11.3 Å². The maximum atomic E-state index is 12.3. The highest BCUT2D eigenvalue weighted by molar-refractivity contribution is 7.91. The van der Waals surface area contributed by atoms with Gasteiger partial charge in [0.05, 0.1) is 16.5 Å². The first-order valence-electron chi connectivity index (χ1n) is 7.54. The molecule has 22 heavy (non-hydrogen) atoms. The summed E-state index contributed by atoms with van der Waals surface area (Å²) in [6, 6.07) is 6.90. The molecule has 0 aromatic heterocycles. The van der Waals surface area contributed by atoms with Gasteiger partial charge in [-0.15, -0.1) is 0 Å². The van der Waals surface area contributed by atoms with Crippen LogP contribution in [0.3, 0.4) is 0 Å². The zero-order valence-corrected chi connectivity index (χ0v) is 14.2. The lowest BCUT2D eigenvalue weighted by atomic mass is 10.2. The third-order valence-corrected chi connectivity index (χ3v) is 6.44. The maximum Gasteiger partial charge on any atom is 0.241 e. The molecule has 0 radical (unpaired) electrons. The van der Waals surface area contributed by atoms with Gasteiger partial charge in [0.15, 0.2) is 9.84 Å². The predicted molar refractivity (Wildman–Crippen MR) is 88.5 cm³/mol. The van der Waals surface area contributed by atoms with Crippen molar-refractivity contribution in [2.24, 2.45) is 0 Å². The summed E-state index contributed by atoms with van der Waals surface area (Å²) >= 11 is 0. The largest absolute Gasteiger partial charge is 0.325 e. The second-order valence-electron chi connectivity index (χ2n) is 6.71. The minimum absolute atomic E-state index is 0.0259. The first-order chi connectivity index (χ1) is 10.2. The third-order valence-electron chi connectivity index (χ3n) is 3.86. The maximum absolute atomic E-state index is 12.3. The number of benzene rings is 1. The Morgan fingerprint density at radius 3 is 2.68 bits per heavy atom. The van der Waals surface area contributed by atoms with Gasteiger partial charge in [-0.25, -0.2) is 8.42 Å². The van der Waals surface area contributed by atoms with Crippen LogP contribution in [0.4, 0.5) is 5.69 Å². The zero-order chi connectivity index (χ0) is 16.4. The van der Waals surface area contributed by atoms with Crippen LogP contribution in [-0.2, 0) is 20.4 Å². The average molecular weight is 324 g/mol. The van der Waals surface area contributed by atoms with Crippen molar-refractivity contribution in [1.82, 2.24) is 5.32 Å². The van der Waals surface area contributed by atoms with Gasteiger partial charge in [-0.2, -0.15) is 0 Å². The number of carbonyl (C=O) groups excluding carboxylic acids is 1. The predicted octanol–water partition coefficient (Wildman–Crippen LogP) is 2.09.